The fourth-order valence-electron chi connectivity index (χ4n) is 2.26. The fourth-order valence-corrected chi connectivity index (χ4v) is 2.26. The van der Waals surface area contributed by atoms with Gasteiger partial charge in [0.15, 0.2) is 0 Å². The summed E-state index contributed by atoms with van der Waals surface area (Å²) in [4.78, 5) is 34.5. The molecule has 6 nitrogen and oxygen atoms in total. The van der Waals surface area contributed by atoms with Crippen LogP contribution >= 0.6 is 0 Å². The maximum absolute atomic E-state index is 12.6. The molecule has 0 bridgehead atoms. The van der Waals surface area contributed by atoms with Gasteiger partial charge in [0.2, 0.25) is 0 Å². The van der Waals surface area contributed by atoms with Gasteiger partial charge in [0, 0.05) is 43.9 Å². The molecule has 0 aliphatic heterocycles. The number of aromatic nitrogens is 2. The Morgan fingerprint density at radius 3 is 2.36 bits per heavy atom. The molecule has 0 fully saturated rings. The molecule has 0 saturated carbocycles. The normalized spacial score (nSPS) is 11.0. The van der Waals surface area contributed by atoms with Gasteiger partial charge in [-0.3, -0.25) is 19.6 Å². The SMILES string of the molecule is CN(CCc1ccncc1)C(=O)c1cncc(C(=O)NC(C)(C)C)c1. The van der Waals surface area contributed by atoms with E-state index in [1.54, 1.807) is 30.4 Å². The van der Waals surface area contributed by atoms with Gasteiger partial charge in [-0.25, -0.2) is 0 Å². The predicted molar refractivity (Wildman–Crippen MR) is 96.4 cm³/mol. The molecule has 25 heavy (non-hydrogen) atoms. The molecule has 2 aromatic heterocycles. The first-order valence-electron chi connectivity index (χ1n) is 8.18. The standard InChI is InChI=1S/C19H24N4O2/c1-19(2,3)22-17(24)15-11-16(13-21-12-15)18(25)23(4)10-7-14-5-8-20-9-6-14/h5-6,8-9,11-13H,7,10H2,1-4H3,(H,22,24). The second-order valence-electron chi connectivity index (χ2n) is 7.00. The van der Waals surface area contributed by atoms with Crippen LogP contribution in [0.25, 0.3) is 0 Å². The van der Waals surface area contributed by atoms with E-state index in [2.05, 4.69) is 15.3 Å². The summed E-state index contributed by atoms with van der Waals surface area (Å²) in [6, 6.07) is 5.44. The average Bonchev–Trinajstić information content (AvgIpc) is 2.58. The monoisotopic (exact) mass is 340 g/mol. The number of nitrogens with zero attached hydrogens (tertiary/aromatic N) is 3. The molecule has 132 valence electrons. The Morgan fingerprint density at radius 1 is 1.08 bits per heavy atom. The minimum absolute atomic E-state index is 0.160. The lowest BCUT2D eigenvalue weighted by Crippen LogP contribution is -2.40. The van der Waals surface area contributed by atoms with Crippen molar-refractivity contribution in [3.8, 4) is 0 Å². The second kappa shape index (κ2) is 7.88. The van der Waals surface area contributed by atoms with Crippen LogP contribution in [0.1, 0.15) is 47.1 Å². The Labute approximate surface area is 148 Å². The zero-order valence-corrected chi connectivity index (χ0v) is 15.1. The highest BCUT2D eigenvalue weighted by atomic mass is 16.2. The molecule has 2 amide bonds. The van der Waals surface area contributed by atoms with Gasteiger partial charge < -0.3 is 10.2 Å². The molecule has 0 radical (unpaired) electrons. The third-order valence-electron chi connectivity index (χ3n) is 3.57. The number of carbonyl (C=O) groups is 2. The third-order valence-corrected chi connectivity index (χ3v) is 3.57. The van der Waals surface area contributed by atoms with Gasteiger partial charge in [0.1, 0.15) is 0 Å². The average molecular weight is 340 g/mol. The van der Waals surface area contributed by atoms with Crippen molar-refractivity contribution in [3.05, 3.63) is 59.7 Å². The molecule has 1 N–H and O–H groups in total. The first-order valence-corrected chi connectivity index (χ1v) is 8.18. The van der Waals surface area contributed by atoms with Crippen LogP contribution in [-0.2, 0) is 6.42 Å². The van der Waals surface area contributed by atoms with Crippen LogP contribution in [0.15, 0.2) is 43.0 Å². The Bertz CT molecular complexity index is 739. The van der Waals surface area contributed by atoms with Gasteiger partial charge >= 0.3 is 0 Å². The summed E-state index contributed by atoms with van der Waals surface area (Å²) in [5.41, 5.74) is 1.55. The van der Waals surface area contributed by atoms with E-state index in [9.17, 15) is 9.59 Å². The lowest BCUT2D eigenvalue weighted by molar-refractivity contribution is 0.0796. The van der Waals surface area contributed by atoms with Crippen molar-refractivity contribution in [3.63, 3.8) is 0 Å². The van der Waals surface area contributed by atoms with Crippen LogP contribution in [0.5, 0.6) is 0 Å². The molecule has 0 spiro atoms. The minimum atomic E-state index is -0.349. The molecule has 6 heteroatoms. The number of hydrogen-bond donors (Lipinski definition) is 1. The van der Waals surface area contributed by atoms with E-state index in [1.807, 2.05) is 32.9 Å². The zero-order valence-electron chi connectivity index (χ0n) is 15.1. The predicted octanol–water partition coefficient (Wildman–Crippen LogP) is 2.32. The molecule has 0 aliphatic carbocycles. The molecular formula is C19H24N4O2. The summed E-state index contributed by atoms with van der Waals surface area (Å²) >= 11 is 0. The topological polar surface area (TPSA) is 75.2 Å². The Balaban J connectivity index is 2.03. The molecule has 2 heterocycles. The molecule has 2 aromatic rings. The minimum Gasteiger partial charge on any atom is -0.347 e. The van der Waals surface area contributed by atoms with E-state index < -0.39 is 0 Å². The number of nitrogens with one attached hydrogen (secondary N) is 1. The van der Waals surface area contributed by atoms with Crippen LogP contribution in [0.3, 0.4) is 0 Å². The van der Waals surface area contributed by atoms with E-state index in [1.165, 1.54) is 12.4 Å². The van der Waals surface area contributed by atoms with Gasteiger partial charge in [-0.05, 0) is 51.0 Å². The van der Waals surface area contributed by atoms with E-state index in [0.29, 0.717) is 17.7 Å². The van der Waals surface area contributed by atoms with Gasteiger partial charge in [0.25, 0.3) is 11.8 Å². The van der Waals surface area contributed by atoms with Gasteiger partial charge in [-0.1, -0.05) is 0 Å². The number of hydrogen-bond acceptors (Lipinski definition) is 4. The Morgan fingerprint density at radius 2 is 1.72 bits per heavy atom. The highest BCUT2D eigenvalue weighted by Crippen LogP contribution is 2.09. The summed E-state index contributed by atoms with van der Waals surface area (Å²) < 4.78 is 0. The summed E-state index contributed by atoms with van der Waals surface area (Å²) in [5.74, 6) is -0.402. The summed E-state index contributed by atoms with van der Waals surface area (Å²) in [7, 11) is 1.74. The van der Waals surface area contributed by atoms with Crippen LogP contribution in [-0.4, -0.2) is 45.8 Å². The maximum atomic E-state index is 12.6. The Kier molecular flexibility index (Phi) is 5.85. The number of amides is 2. The summed E-state index contributed by atoms with van der Waals surface area (Å²) in [5, 5.41) is 2.87. The molecule has 2 rings (SSSR count). The fraction of sp³-hybridized carbons (Fsp3) is 0.368. The Hall–Kier alpha value is -2.76. The van der Waals surface area contributed by atoms with Gasteiger partial charge in [-0.15, -0.1) is 0 Å². The van der Waals surface area contributed by atoms with Crippen molar-refractivity contribution >= 4 is 11.8 Å². The molecule has 0 unspecified atom stereocenters. The molecular weight excluding hydrogens is 316 g/mol. The van der Waals surface area contributed by atoms with Gasteiger partial charge in [-0.2, -0.15) is 0 Å². The molecule has 0 saturated heterocycles. The molecule has 0 aliphatic rings. The zero-order chi connectivity index (χ0) is 18.4. The first kappa shape index (κ1) is 18.6. The van der Waals surface area contributed by atoms with Crippen molar-refractivity contribution < 1.29 is 9.59 Å². The number of carbonyl (C=O) groups excluding carboxylic acids is 2. The van der Waals surface area contributed by atoms with Crippen molar-refractivity contribution in [2.24, 2.45) is 0 Å². The van der Waals surface area contributed by atoms with E-state index in [0.717, 1.165) is 12.0 Å². The van der Waals surface area contributed by atoms with Crippen molar-refractivity contribution in [2.75, 3.05) is 13.6 Å². The van der Waals surface area contributed by atoms with Crippen molar-refractivity contribution in [1.82, 2.24) is 20.2 Å². The highest BCUT2D eigenvalue weighted by molar-refractivity contribution is 5.99. The van der Waals surface area contributed by atoms with Crippen LogP contribution in [0.2, 0.25) is 0 Å². The lowest BCUT2D eigenvalue weighted by atomic mass is 10.1. The van der Waals surface area contributed by atoms with Crippen LogP contribution in [0, 0.1) is 0 Å². The highest BCUT2D eigenvalue weighted by Gasteiger charge is 2.18. The quantitative estimate of drug-likeness (QED) is 0.906. The molecule has 0 aromatic carbocycles. The third kappa shape index (κ3) is 5.67. The molecule has 0 atom stereocenters. The number of likely N-dealkylation sites (N-methyl/N-ethyl adjacent to an activating group) is 1. The number of rotatable bonds is 5. The van der Waals surface area contributed by atoms with Crippen LogP contribution < -0.4 is 5.32 Å². The smallest absolute Gasteiger partial charge is 0.255 e. The van der Waals surface area contributed by atoms with E-state index >= 15 is 0 Å². The second-order valence-corrected chi connectivity index (χ2v) is 7.00. The van der Waals surface area contributed by atoms with E-state index in [-0.39, 0.29) is 17.4 Å². The lowest BCUT2D eigenvalue weighted by Gasteiger charge is -2.21. The number of pyridine rings is 2. The summed E-state index contributed by atoms with van der Waals surface area (Å²) in [6.07, 6.45) is 7.16. The van der Waals surface area contributed by atoms with Crippen molar-refractivity contribution in [2.45, 2.75) is 32.7 Å². The maximum Gasteiger partial charge on any atom is 0.255 e. The summed E-state index contributed by atoms with van der Waals surface area (Å²) in [6.45, 7) is 6.28. The van der Waals surface area contributed by atoms with Gasteiger partial charge in [0.05, 0.1) is 11.1 Å². The first-order chi connectivity index (χ1) is 11.8. The van der Waals surface area contributed by atoms with Crippen molar-refractivity contribution in [1.29, 1.82) is 0 Å². The van der Waals surface area contributed by atoms with E-state index in [4.69, 9.17) is 0 Å². The van der Waals surface area contributed by atoms with Crippen LogP contribution in [0.4, 0.5) is 0 Å². The largest absolute Gasteiger partial charge is 0.347 e.